The van der Waals surface area contributed by atoms with E-state index in [4.69, 9.17) is 10.6 Å². The molecule has 0 radical (unpaired) electrons. The second-order valence-corrected chi connectivity index (χ2v) is 4.73. The van der Waals surface area contributed by atoms with Crippen LogP contribution in [0.4, 0.5) is 11.9 Å². The zero-order valence-electron chi connectivity index (χ0n) is 12.3. The van der Waals surface area contributed by atoms with E-state index in [1.807, 2.05) is 44.0 Å². The molecular weight excluding hydrogens is 270 g/mol. The molecule has 2 rings (SSSR count). The van der Waals surface area contributed by atoms with Gasteiger partial charge in [0.25, 0.3) is 0 Å². The first-order valence-electron chi connectivity index (χ1n) is 6.59. The Balaban J connectivity index is 2.21. The normalized spacial score (nSPS) is 10.5. The maximum Gasteiger partial charge on any atom is 0.323 e. The monoisotopic (exact) mass is 289 g/mol. The number of aromatic nitrogens is 4. The first kappa shape index (κ1) is 14.9. The van der Waals surface area contributed by atoms with Crippen LogP contribution in [0.25, 0.3) is 0 Å². The van der Waals surface area contributed by atoms with Crippen molar-refractivity contribution in [3.63, 3.8) is 0 Å². The molecule has 8 heteroatoms. The van der Waals surface area contributed by atoms with E-state index in [1.54, 1.807) is 6.20 Å². The molecule has 3 N–H and O–H groups in total. The van der Waals surface area contributed by atoms with E-state index >= 15 is 0 Å². The third-order valence-corrected chi connectivity index (χ3v) is 2.54. The predicted octanol–water partition coefficient (Wildman–Crippen LogP) is 0.976. The maximum atomic E-state index is 5.50. The third-order valence-electron chi connectivity index (χ3n) is 2.54. The van der Waals surface area contributed by atoms with Crippen LogP contribution in [0.3, 0.4) is 0 Å². The van der Waals surface area contributed by atoms with Gasteiger partial charge in [0.1, 0.15) is 0 Å². The van der Waals surface area contributed by atoms with E-state index in [-0.39, 0.29) is 18.1 Å². The Morgan fingerprint density at radius 2 is 2.10 bits per heavy atom. The topological polar surface area (TPSA) is 102 Å². The van der Waals surface area contributed by atoms with Crippen LogP contribution < -0.4 is 20.9 Å². The number of hydrazine groups is 1. The van der Waals surface area contributed by atoms with E-state index in [2.05, 4.69) is 25.4 Å². The molecule has 0 aromatic carbocycles. The van der Waals surface area contributed by atoms with Gasteiger partial charge in [-0.05, 0) is 26.0 Å². The Morgan fingerprint density at radius 3 is 2.71 bits per heavy atom. The number of pyridine rings is 1. The average Bonchev–Trinajstić information content (AvgIpc) is 2.47. The van der Waals surface area contributed by atoms with Gasteiger partial charge in [-0.3, -0.25) is 10.4 Å². The van der Waals surface area contributed by atoms with Gasteiger partial charge in [0.15, 0.2) is 0 Å². The van der Waals surface area contributed by atoms with E-state index in [1.165, 1.54) is 0 Å². The van der Waals surface area contributed by atoms with E-state index < -0.39 is 0 Å². The molecule has 0 aliphatic carbocycles. The number of nitrogen functional groups attached to an aromatic ring is 1. The summed E-state index contributed by atoms with van der Waals surface area (Å²) < 4.78 is 5.50. The van der Waals surface area contributed by atoms with Crippen LogP contribution in [-0.4, -0.2) is 33.1 Å². The quantitative estimate of drug-likeness (QED) is 0.599. The first-order chi connectivity index (χ1) is 10.1. The number of hydrogen-bond acceptors (Lipinski definition) is 8. The molecule has 0 bridgehead atoms. The van der Waals surface area contributed by atoms with Crippen molar-refractivity contribution in [1.82, 2.24) is 19.9 Å². The van der Waals surface area contributed by atoms with Crippen molar-refractivity contribution in [3.05, 3.63) is 30.1 Å². The SMILES string of the molecule is CC(C)Oc1nc(NN)nc(N(C)Cc2ccccn2)n1. The second-order valence-electron chi connectivity index (χ2n) is 4.73. The number of nitrogens with zero attached hydrogens (tertiary/aromatic N) is 5. The smallest absolute Gasteiger partial charge is 0.323 e. The van der Waals surface area contributed by atoms with Gasteiger partial charge in [-0.25, -0.2) is 5.84 Å². The van der Waals surface area contributed by atoms with Crippen LogP contribution in [-0.2, 0) is 6.54 Å². The Kier molecular flexibility index (Phi) is 4.83. The highest BCUT2D eigenvalue weighted by Gasteiger charge is 2.12. The molecule has 2 aromatic rings. The molecule has 0 saturated carbocycles. The summed E-state index contributed by atoms with van der Waals surface area (Å²) in [7, 11) is 1.86. The fourth-order valence-corrected chi connectivity index (χ4v) is 1.65. The van der Waals surface area contributed by atoms with Gasteiger partial charge in [-0.15, -0.1) is 0 Å². The van der Waals surface area contributed by atoms with Gasteiger partial charge in [0, 0.05) is 13.2 Å². The Hall–Kier alpha value is -2.48. The molecule has 21 heavy (non-hydrogen) atoms. The van der Waals surface area contributed by atoms with Crippen molar-refractivity contribution < 1.29 is 4.74 Å². The molecule has 2 aromatic heterocycles. The highest BCUT2D eigenvalue weighted by molar-refractivity contribution is 5.37. The van der Waals surface area contributed by atoms with Crippen molar-refractivity contribution in [2.24, 2.45) is 5.84 Å². The standard InChI is InChI=1S/C13H19N7O/c1-9(2)21-13-17-11(19-14)16-12(18-13)20(3)8-10-6-4-5-7-15-10/h4-7,9H,8,14H2,1-3H3,(H,16,17,18,19). The van der Waals surface area contributed by atoms with E-state index in [0.717, 1.165) is 5.69 Å². The molecule has 0 unspecified atom stereocenters. The number of ether oxygens (including phenoxy) is 1. The molecule has 8 nitrogen and oxygen atoms in total. The highest BCUT2D eigenvalue weighted by atomic mass is 16.5. The van der Waals surface area contributed by atoms with Crippen molar-refractivity contribution in [2.75, 3.05) is 17.4 Å². The largest absolute Gasteiger partial charge is 0.461 e. The van der Waals surface area contributed by atoms with Crippen molar-refractivity contribution in [1.29, 1.82) is 0 Å². The van der Waals surface area contributed by atoms with Gasteiger partial charge in [0.05, 0.1) is 18.3 Å². The zero-order valence-corrected chi connectivity index (χ0v) is 12.3. The predicted molar refractivity (Wildman–Crippen MR) is 79.7 cm³/mol. The maximum absolute atomic E-state index is 5.50. The molecule has 0 spiro atoms. The Labute approximate surface area is 123 Å². The summed E-state index contributed by atoms with van der Waals surface area (Å²) in [5.41, 5.74) is 3.33. The highest BCUT2D eigenvalue weighted by Crippen LogP contribution is 2.15. The summed E-state index contributed by atoms with van der Waals surface area (Å²) in [6, 6.07) is 5.97. The summed E-state index contributed by atoms with van der Waals surface area (Å²) in [6.45, 7) is 4.36. The third kappa shape index (κ3) is 4.25. The lowest BCUT2D eigenvalue weighted by Crippen LogP contribution is -2.22. The number of nitrogens with two attached hydrogens (primary N) is 1. The van der Waals surface area contributed by atoms with Gasteiger partial charge in [-0.1, -0.05) is 6.07 Å². The molecule has 0 amide bonds. The van der Waals surface area contributed by atoms with Crippen LogP contribution in [0.1, 0.15) is 19.5 Å². The summed E-state index contributed by atoms with van der Waals surface area (Å²) in [5, 5.41) is 0. The van der Waals surface area contributed by atoms with Crippen LogP contribution in [0.2, 0.25) is 0 Å². The molecule has 0 saturated heterocycles. The lowest BCUT2D eigenvalue weighted by Gasteiger charge is -2.18. The number of anilines is 2. The minimum atomic E-state index is -0.0352. The molecular formula is C13H19N7O. The van der Waals surface area contributed by atoms with Crippen LogP contribution in [0.15, 0.2) is 24.4 Å². The molecule has 0 aliphatic heterocycles. The number of hydrogen-bond donors (Lipinski definition) is 2. The fourth-order valence-electron chi connectivity index (χ4n) is 1.65. The van der Waals surface area contributed by atoms with E-state index in [0.29, 0.717) is 12.5 Å². The summed E-state index contributed by atoms with van der Waals surface area (Å²) in [5.74, 6) is 6.09. The average molecular weight is 289 g/mol. The van der Waals surface area contributed by atoms with Crippen molar-refractivity contribution in [2.45, 2.75) is 26.5 Å². The van der Waals surface area contributed by atoms with E-state index in [9.17, 15) is 0 Å². The van der Waals surface area contributed by atoms with Crippen molar-refractivity contribution in [3.8, 4) is 6.01 Å². The van der Waals surface area contributed by atoms with Crippen molar-refractivity contribution >= 4 is 11.9 Å². The summed E-state index contributed by atoms with van der Waals surface area (Å²) in [4.78, 5) is 18.7. The summed E-state index contributed by atoms with van der Waals surface area (Å²) >= 11 is 0. The van der Waals surface area contributed by atoms with Crippen LogP contribution in [0.5, 0.6) is 6.01 Å². The lowest BCUT2D eigenvalue weighted by molar-refractivity contribution is 0.222. The zero-order chi connectivity index (χ0) is 15.2. The Morgan fingerprint density at radius 1 is 1.29 bits per heavy atom. The van der Waals surface area contributed by atoms with Gasteiger partial charge >= 0.3 is 6.01 Å². The second kappa shape index (κ2) is 6.80. The minimum absolute atomic E-state index is 0.0352. The minimum Gasteiger partial charge on any atom is -0.461 e. The van der Waals surface area contributed by atoms with Crippen LogP contribution in [0, 0.1) is 0 Å². The first-order valence-corrected chi connectivity index (χ1v) is 6.59. The molecule has 2 heterocycles. The van der Waals surface area contributed by atoms with Gasteiger partial charge in [0.2, 0.25) is 11.9 Å². The van der Waals surface area contributed by atoms with Gasteiger partial charge < -0.3 is 9.64 Å². The molecule has 0 aliphatic rings. The van der Waals surface area contributed by atoms with Gasteiger partial charge in [-0.2, -0.15) is 15.0 Å². The molecule has 0 fully saturated rings. The number of nitrogens with one attached hydrogen (secondary N) is 1. The molecule has 112 valence electrons. The number of rotatable bonds is 6. The summed E-state index contributed by atoms with van der Waals surface area (Å²) in [6.07, 6.45) is 1.71. The Bertz CT molecular complexity index is 576. The fraction of sp³-hybridized carbons (Fsp3) is 0.385. The van der Waals surface area contributed by atoms with Crippen LogP contribution >= 0.6 is 0 Å². The lowest BCUT2D eigenvalue weighted by atomic mass is 10.3. The molecule has 0 atom stereocenters.